The van der Waals surface area contributed by atoms with Crippen LogP contribution in [0.3, 0.4) is 0 Å². The van der Waals surface area contributed by atoms with Crippen LogP contribution in [0.4, 0.5) is 0 Å². The molecule has 0 spiro atoms. The van der Waals surface area contributed by atoms with Gasteiger partial charge in [0.25, 0.3) is 5.91 Å². The standard InChI is InChI=1S/C14H16N2O2/c1-14(2,3)16-6-8-4-5-9-11(10(8)7-16)15-13(18)12(9)17/h4-7,9,11H,1-3H3,(H,15,18). The maximum absolute atomic E-state index is 11.7. The number of hydrogen-bond acceptors (Lipinski definition) is 2. The number of amides is 1. The van der Waals surface area contributed by atoms with Gasteiger partial charge in [-0.2, -0.15) is 0 Å². The fourth-order valence-corrected chi connectivity index (χ4v) is 2.55. The molecule has 1 saturated heterocycles. The van der Waals surface area contributed by atoms with E-state index in [4.69, 9.17) is 0 Å². The summed E-state index contributed by atoms with van der Waals surface area (Å²) in [4.78, 5) is 23.1. The molecule has 2 atom stereocenters. The van der Waals surface area contributed by atoms with Gasteiger partial charge in [-0.15, -0.1) is 0 Å². The van der Waals surface area contributed by atoms with Crippen molar-refractivity contribution in [2.45, 2.75) is 32.4 Å². The quantitative estimate of drug-likeness (QED) is 0.705. The van der Waals surface area contributed by atoms with Crippen LogP contribution in [0, 0.1) is 5.92 Å². The van der Waals surface area contributed by atoms with Gasteiger partial charge >= 0.3 is 0 Å². The molecule has 1 N–H and O–H groups in total. The smallest absolute Gasteiger partial charge is 0.288 e. The summed E-state index contributed by atoms with van der Waals surface area (Å²) >= 11 is 0. The molecule has 4 nitrogen and oxygen atoms in total. The molecule has 0 saturated carbocycles. The normalized spacial score (nSPS) is 25.9. The van der Waals surface area contributed by atoms with Gasteiger partial charge in [0.1, 0.15) is 0 Å². The van der Waals surface area contributed by atoms with Gasteiger partial charge in [0.2, 0.25) is 5.78 Å². The minimum atomic E-state index is -0.467. The van der Waals surface area contributed by atoms with Crippen LogP contribution in [0.15, 0.2) is 18.5 Å². The summed E-state index contributed by atoms with van der Waals surface area (Å²) in [5.41, 5.74) is 2.12. The van der Waals surface area contributed by atoms with Crippen LogP contribution >= 0.6 is 0 Å². The van der Waals surface area contributed by atoms with Gasteiger partial charge in [-0.05, 0) is 26.3 Å². The van der Waals surface area contributed by atoms with E-state index in [2.05, 4.69) is 36.9 Å². The first-order chi connectivity index (χ1) is 8.38. The van der Waals surface area contributed by atoms with Crippen molar-refractivity contribution >= 4 is 17.8 Å². The first-order valence-corrected chi connectivity index (χ1v) is 6.13. The van der Waals surface area contributed by atoms with Crippen molar-refractivity contribution in [2.24, 2.45) is 5.92 Å². The molecule has 2 aliphatic rings. The Hall–Kier alpha value is -1.84. The zero-order valence-electron chi connectivity index (χ0n) is 10.7. The van der Waals surface area contributed by atoms with E-state index in [0.29, 0.717) is 0 Å². The topological polar surface area (TPSA) is 51.1 Å². The highest BCUT2D eigenvalue weighted by Gasteiger charge is 2.43. The minimum absolute atomic E-state index is 0.00665. The zero-order chi connectivity index (χ0) is 13.1. The lowest BCUT2D eigenvalue weighted by molar-refractivity contribution is -0.135. The lowest BCUT2D eigenvalue weighted by Crippen LogP contribution is -2.22. The molecular weight excluding hydrogens is 228 g/mol. The summed E-state index contributed by atoms with van der Waals surface area (Å²) in [7, 11) is 0. The molecule has 18 heavy (non-hydrogen) atoms. The molecule has 4 heteroatoms. The monoisotopic (exact) mass is 244 g/mol. The Labute approximate surface area is 106 Å². The van der Waals surface area contributed by atoms with Crippen molar-refractivity contribution in [3.63, 3.8) is 0 Å². The summed E-state index contributed by atoms with van der Waals surface area (Å²) in [6, 6.07) is -0.186. The fraction of sp³-hybridized carbons (Fsp3) is 0.429. The third-order valence-electron chi connectivity index (χ3n) is 3.65. The molecule has 3 rings (SSSR count). The molecule has 0 bridgehead atoms. The highest BCUT2D eigenvalue weighted by Crippen LogP contribution is 2.37. The van der Waals surface area contributed by atoms with Gasteiger partial charge in [0.15, 0.2) is 0 Å². The Bertz CT molecular complexity index is 575. The predicted octanol–water partition coefficient (Wildman–Crippen LogP) is 1.63. The van der Waals surface area contributed by atoms with Crippen LogP contribution in [0.1, 0.15) is 37.9 Å². The summed E-state index contributed by atoms with van der Waals surface area (Å²) in [6.45, 7) is 6.37. The van der Waals surface area contributed by atoms with Gasteiger partial charge in [-0.25, -0.2) is 0 Å². The van der Waals surface area contributed by atoms with E-state index in [1.165, 1.54) is 0 Å². The van der Waals surface area contributed by atoms with E-state index >= 15 is 0 Å². The molecule has 94 valence electrons. The molecule has 1 aliphatic carbocycles. The van der Waals surface area contributed by atoms with E-state index in [1.54, 1.807) is 0 Å². The number of nitrogens with one attached hydrogen (secondary N) is 1. The first kappa shape index (κ1) is 11.3. The van der Waals surface area contributed by atoms with Crippen molar-refractivity contribution < 1.29 is 9.59 Å². The van der Waals surface area contributed by atoms with Crippen molar-refractivity contribution in [2.75, 3.05) is 0 Å². The SMILES string of the molecule is CC(C)(C)n1cc2c(c1)C1NC(=O)C(=O)C1C=C2. The Morgan fingerprint density at radius 2 is 1.94 bits per heavy atom. The number of carbonyl (C=O) groups is 2. The van der Waals surface area contributed by atoms with E-state index in [9.17, 15) is 9.59 Å². The summed E-state index contributed by atoms with van der Waals surface area (Å²) in [5.74, 6) is -1.13. The van der Waals surface area contributed by atoms with E-state index in [0.717, 1.165) is 11.1 Å². The lowest BCUT2D eigenvalue weighted by Gasteiger charge is -2.21. The number of rotatable bonds is 0. The van der Waals surface area contributed by atoms with Crippen molar-refractivity contribution in [3.05, 3.63) is 29.6 Å². The van der Waals surface area contributed by atoms with Crippen LogP contribution in [0.5, 0.6) is 0 Å². The van der Waals surface area contributed by atoms with Gasteiger partial charge in [0.05, 0.1) is 12.0 Å². The van der Waals surface area contributed by atoms with Gasteiger partial charge in [0, 0.05) is 23.5 Å². The third kappa shape index (κ3) is 1.45. The molecule has 2 heterocycles. The Morgan fingerprint density at radius 1 is 1.22 bits per heavy atom. The molecule has 1 fully saturated rings. The van der Waals surface area contributed by atoms with E-state index < -0.39 is 5.91 Å². The zero-order valence-corrected chi connectivity index (χ0v) is 10.7. The highest BCUT2D eigenvalue weighted by atomic mass is 16.2. The number of hydrogen-bond donors (Lipinski definition) is 1. The molecule has 1 amide bonds. The van der Waals surface area contributed by atoms with Gasteiger partial charge < -0.3 is 9.88 Å². The first-order valence-electron chi connectivity index (χ1n) is 6.13. The number of fused-ring (bicyclic) bond motifs is 3. The second-order valence-electron chi connectivity index (χ2n) is 5.95. The highest BCUT2D eigenvalue weighted by molar-refractivity contribution is 6.39. The van der Waals surface area contributed by atoms with Crippen LogP contribution in [-0.2, 0) is 15.1 Å². The predicted molar refractivity (Wildman–Crippen MR) is 67.8 cm³/mol. The molecule has 2 unspecified atom stereocenters. The van der Waals surface area contributed by atoms with E-state index in [1.807, 2.05) is 18.3 Å². The lowest BCUT2D eigenvalue weighted by atomic mass is 9.88. The molecule has 1 aliphatic heterocycles. The third-order valence-corrected chi connectivity index (χ3v) is 3.65. The van der Waals surface area contributed by atoms with E-state index in [-0.39, 0.29) is 23.3 Å². The molecule has 1 aromatic rings. The largest absolute Gasteiger partial charge is 0.348 e. The van der Waals surface area contributed by atoms with Crippen LogP contribution in [-0.4, -0.2) is 16.3 Å². The summed E-state index contributed by atoms with van der Waals surface area (Å²) in [5, 5.41) is 2.77. The maximum Gasteiger partial charge on any atom is 0.288 e. The number of ketones is 1. The van der Waals surface area contributed by atoms with Crippen molar-refractivity contribution in [1.82, 2.24) is 9.88 Å². The van der Waals surface area contributed by atoms with Gasteiger partial charge in [-0.1, -0.05) is 12.2 Å². The number of carbonyl (C=O) groups excluding carboxylic acids is 2. The van der Waals surface area contributed by atoms with Crippen LogP contribution < -0.4 is 5.32 Å². The van der Waals surface area contributed by atoms with Crippen LogP contribution in [0.2, 0.25) is 0 Å². The van der Waals surface area contributed by atoms with Crippen molar-refractivity contribution in [1.29, 1.82) is 0 Å². The molecular formula is C14H16N2O2. The second kappa shape index (κ2) is 3.34. The second-order valence-corrected chi connectivity index (χ2v) is 5.95. The molecule has 0 radical (unpaired) electrons. The average molecular weight is 244 g/mol. The fourth-order valence-electron chi connectivity index (χ4n) is 2.55. The van der Waals surface area contributed by atoms with Gasteiger partial charge in [-0.3, -0.25) is 9.59 Å². The summed E-state index contributed by atoms with van der Waals surface area (Å²) < 4.78 is 2.12. The van der Waals surface area contributed by atoms with Crippen molar-refractivity contribution in [3.8, 4) is 0 Å². The number of Topliss-reactive ketones (excluding diaryl/α,β-unsaturated/α-hetero) is 1. The Morgan fingerprint density at radius 3 is 2.61 bits per heavy atom. The summed E-state index contributed by atoms with van der Waals surface area (Å²) in [6.07, 6.45) is 7.88. The molecule has 0 aromatic carbocycles. The Balaban J connectivity index is 2.07. The number of nitrogens with zero attached hydrogens (tertiary/aromatic N) is 1. The minimum Gasteiger partial charge on any atom is -0.348 e. The van der Waals surface area contributed by atoms with Crippen LogP contribution in [0.25, 0.3) is 6.08 Å². The number of aromatic nitrogens is 1. The maximum atomic E-state index is 11.7. The molecule has 1 aromatic heterocycles. The average Bonchev–Trinajstić information content (AvgIpc) is 2.81. The Kier molecular flexibility index (Phi) is 2.09.